The van der Waals surface area contributed by atoms with E-state index in [1.165, 1.54) is 23.1 Å². The summed E-state index contributed by atoms with van der Waals surface area (Å²) < 4.78 is 51.5. The lowest BCUT2D eigenvalue weighted by Gasteiger charge is -2.28. The number of hydrogen-bond acceptors (Lipinski definition) is 2. The first kappa shape index (κ1) is 15.1. The molecule has 20 heavy (non-hydrogen) atoms. The largest absolute Gasteiger partial charge is 0.405 e. The lowest BCUT2D eigenvalue weighted by atomic mass is 10.0. The van der Waals surface area contributed by atoms with Crippen molar-refractivity contribution in [1.29, 1.82) is 0 Å². The van der Waals surface area contributed by atoms with Crippen LogP contribution in [0, 0.1) is 5.82 Å². The Morgan fingerprint density at radius 2 is 2.00 bits per heavy atom. The van der Waals surface area contributed by atoms with Crippen molar-refractivity contribution in [3.63, 3.8) is 0 Å². The summed E-state index contributed by atoms with van der Waals surface area (Å²) in [5.74, 6) is -0.452. The molecule has 0 aliphatic heterocycles. The molecular formula is C14H18F4N2. The van der Waals surface area contributed by atoms with Gasteiger partial charge in [0, 0.05) is 17.8 Å². The van der Waals surface area contributed by atoms with Gasteiger partial charge in [-0.2, -0.15) is 13.2 Å². The van der Waals surface area contributed by atoms with Gasteiger partial charge in [-0.25, -0.2) is 4.39 Å². The van der Waals surface area contributed by atoms with Crippen LogP contribution in [0.3, 0.4) is 0 Å². The van der Waals surface area contributed by atoms with Crippen LogP contribution >= 0.6 is 0 Å². The van der Waals surface area contributed by atoms with E-state index in [-0.39, 0.29) is 12.1 Å². The Bertz CT molecular complexity index is 467. The molecule has 0 heterocycles. The second-order valence-corrected chi connectivity index (χ2v) is 5.43. The molecule has 0 saturated heterocycles. The van der Waals surface area contributed by atoms with Gasteiger partial charge >= 0.3 is 6.18 Å². The SMILES string of the molecule is CC(N)Cc1cc(F)ccc1N(CC(F)(F)F)C1CC1. The number of alkyl halides is 3. The highest BCUT2D eigenvalue weighted by molar-refractivity contribution is 5.56. The number of anilines is 1. The third-order valence-corrected chi connectivity index (χ3v) is 3.23. The van der Waals surface area contributed by atoms with Gasteiger partial charge in [0.25, 0.3) is 0 Å². The Morgan fingerprint density at radius 3 is 2.50 bits per heavy atom. The number of rotatable bonds is 5. The van der Waals surface area contributed by atoms with E-state index in [2.05, 4.69) is 0 Å². The molecule has 1 unspecified atom stereocenters. The topological polar surface area (TPSA) is 29.3 Å². The second-order valence-electron chi connectivity index (χ2n) is 5.43. The first-order chi connectivity index (χ1) is 9.26. The molecule has 0 amide bonds. The fourth-order valence-corrected chi connectivity index (χ4v) is 2.33. The quantitative estimate of drug-likeness (QED) is 0.844. The van der Waals surface area contributed by atoms with E-state index in [0.717, 1.165) is 12.8 Å². The van der Waals surface area contributed by atoms with Crippen molar-refractivity contribution >= 4 is 5.69 Å². The Labute approximate surface area is 115 Å². The Morgan fingerprint density at radius 1 is 1.35 bits per heavy atom. The van der Waals surface area contributed by atoms with Crippen molar-refractivity contribution in [3.05, 3.63) is 29.6 Å². The average molecular weight is 290 g/mol. The van der Waals surface area contributed by atoms with Gasteiger partial charge in [0.15, 0.2) is 0 Å². The van der Waals surface area contributed by atoms with Crippen molar-refractivity contribution in [1.82, 2.24) is 0 Å². The van der Waals surface area contributed by atoms with Crippen LogP contribution in [0.5, 0.6) is 0 Å². The molecule has 2 rings (SSSR count). The fourth-order valence-electron chi connectivity index (χ4n) is 2.33. The standard InChI is InChI=1S/C14H18F4N2/c1-9(19)6-10-7-11(15)2-5-13(10)20(12-3-4-12)8-14(16,17)18/h2,5,7,9,12H,3-4,6,8,19H2,1H3. The predicted molar refractivity (Wildman–Crippen MR) is 70.2 cm³/mol. The van der Waals surface area contributed by atoms with E-state index < -0.39 is 18.5 Å². The van der Waals surface area contributed by atoms with E-state index in [1.807, 2.05) is 0 Å². The van der Waals surface area contributed by atoms with Crippen LogP contribution in [-0.4, -0.2) is 24.8 Å². The summed E-state index contributed by atoms with van der Waals surface area (Å²) >= 11 is 0. The molecule has 6 heteroatoms. The number of hydrogen-bond donors (Lipinski definition) is 1. The van der Waals surface area contributed by atoms with Gasteiger partial charge in [-0.15, -0.1) is 0 Å². The Hall–Kier alpha value is -1.30. The minimum absolute atomic E-state index is 0.103. The van der Waals surface area contributed by atoms with Gasteiger partial charge < -0.3 is 10.6 Å². The first-order valence-electron chi connectivity index (χ1n) is 6.63. The maximum absolute atomic E-state index is 13.3. The summed E-state index contributed by atoms with van der Waals surface area (Å²) in [7, 11) is 0. The molecule has 0 aromatic heterocycles. The molecule has 0 radical (unpaired) electrons. The van der Waals surface area contributed by atoms with Crippen molar-refractivity contribution in [2.24, 2.45) is 5.73 Å². The van der Waals surface area contributed by atoms with Gasteiger partial charge in [-0.1, -0.05) is 0 Å². The summed E-state index contributed by atoms with van der Waals surface area (Å²) in [6.07, 6.45) is -2.44. The molecular weight excluding hydrogens is 272 g/mol. The molecule has 1 aliphatic rings. The number of nitrogens with two attached hydrogens (primary N) is 1. The van der Waals surface area contributed by atoms with E-state index in [1.54, 1.807) is 6.92 Å². The van der Waals surface area contributed by atoms with E-state index in [4.69, 9.17) is 5.73 Å². The maximum Gasteiger partial charge on any atom is 0.405 e. The Kier molecular flexibility index (Phi) is 4.22. The molecule has 1 atom stereocenters. The van der Waals surface area contributed by atoms with Crippen LogP contribution < -0.4 is 10.6 Å². The van der Waals surface area contributed by atoms with Crippen LogP contribution in [0.1, 0.15) is 25.3 Å². The molecule has 2 N–H and O–H groups in total. The van der Waals surface area contributed by atoms with Gasteiger partial charge in [0.05, 0.1) is 0 Å². The zero-order chi connectivity index (χ0) is 14.9. The smallest absolute Gasteiger partial charge is 0.359 e. The van der Waals surface area contributed by atoms with E-state index >= 15 is 0 Å². The highest BCUT2D eigenvalue weighted by atomic mass is 19.4. The van der Waals surface area contributed by atoms with Gasteiger partial charge in [0.2, 0.25) is 0 Å². The van der Waals surface area contributed by atoms with Crippen LogP contribution in [0.15, 0.2) is 18.2 Å². The zero-order valence-electron chi connectivity index (χ0n) is 11.3. The molecule has 0 bridgehead atoms. The number of nitrogens with zero attached hydrogens (tertiary/aromatic N) is 1. The fraction of sp³-hybridized carbons (Fsp3) is 0.571. The number of benzene rings is 1. The highest BCUT2D eigenvalue weighted by Gasteiger charge is 2.38. The predicted octanol–water partition coefficient (Wildman–Crippen LogP) is 3.25. The molecule has 1 aliphatic carbocycles. The average Bonchev–Trinajstić information content (AvgIpc) is 3.08. The third-order valence-electron chi connectivity index (χ3n) is 3.23. The monoisotopic (exact) mass is 290 g/mol. The van der Waals surface area contributed by atoms with Crippen molar-refractivity contribution in [2.75, 3.05) is 11.4 Å². The Balaban J connectivity index is 2.32. The highest BCUT2D eigenvalue weighted by Crippen LogP contribution is 2.36. The molecule has 1 aromatic carbocycles. The van der Waals surface area contributed by atoms with Crippen molar-refractivity contribution < 1.29 is 17.6 Å². The summed E-state index contributed by atoms with van der Waals surface area (Å²) in [4.78, 5) is 1.33. The summed E-state index contributed by atoms with van der Waals surface area (Å²) in [6, 6.07) is 3.57. The van der Waals surface area contributed by atoms with Crippen molar-refractivity contribution in [3.8, 4) is 0 Å². The summed E-state index contributed by atoms with van der Waals surface area (Å²) in [6.45, 7) is 0.745. The maximum atomic E-state index is 13.3. The normalized spacial score (nSPS) is 17.1. The van der Waals surface area contributed by atoms with Crippen LogP contribution in [0.2, 0.25) is 0 Å². The van der Waals surface area contributed by atoms with Gasteiger partial charge in [-0.05, 0) is 49.9 Å². The molecule has 112 valence electrons. The van der Waals surface area contributed by atoms with Crippen molar-refractivity contribution in [2.45, 2.75) is 44.4 Å². The zero-order valence-corrected chi connectivity index (χ0v) is 11.3. The molecule has 1 saturated carbocycles. The van der Waals surface area contributed by atoms with Crippen LogP contribution in [0.25, 0.3) is 0 Å². The lowest BCUT2D eigenvalue weighted by Crippen LogP contribution is -2.37. The minimum Gasteiger partial charge on any atom is -0.359 e. The van der Waals surface area contributed by atoms with E-state index in [0.29, 0.717) is 17.7 Å². The third kappa shape index (κ3) is 4.10. The first-order valence-corrected chi connectivity index (χ1v) is 6.63. The molecule has 1 fully saturated rings. The van der Waals surface area contributed by atoms with Crippen LogP contribution in [0.4, 0.5) is 23.2 Å². The van der Waals surface area contributed by atoms with Crippen LogP contribution in [-0.2, 0) is 6.42 Å². The number of halogens is 4. The van der Waals surface area contributed by atoms with E-state index in [9.17, 15) is 17.6 Å². The van der Waals surface area contributed by atoms with Gasteiger partial charge in [-0.3, -0.25) is 0 Å². The summed E-state index contributed by atoms with van der Waals surface area (Å²) in [5.41, 5.74) is 6.69. The molecule has 0 spiro atoms. The van der Waals surface area contributed by atoms with Gasteiger partial charge in [0.1, 0.15) is 12.4 Å². The summed E-state index contributed by atoms with van der Waals surface area (Å²) in [5, 5.41) is 0. The lowest BCUT2D eigenvalue weighted by molar-refractivity contribution is -0.120. The molecule has 1 aromatic rings. The minimum atomic E-state index is -4.28. The second kappa shape index (κ2) is 5.60. The molecule has 2 nitrogen and oxygen atoms in total.